The van der Waals surface area contributed by atoms with Crippen LogP contribution < -0.4 is 4.90 Å². The van der Waals surface area contributed by atoms with E-state index in [1.165, 1.54) is 22.5 Å². The van der Waals surface area contributed by atoms with Gasteiger partial charge in [-0.1, -0.05) is 24.3 Å². The molecule has 27 heavy (non-hydrogen) atoms. The van der Waals surface area contributed by atoms with Crippen LogP contribution in [-0.4, -0.2) is 63.3 Å². The Morgan fingerprint density at radius 3 is 2.33 bits per heavy atom. The minimum absolute atomic E-state index is 0.0517. The quantitative estimate of drug-likeness (QED) is 0.780. The molecule has 1 aliphatic rings. The summed E-state index contributed by atoms with van der Waals surface area (Å²) in [6.07, 6.45) is 0. The molecule has 0 atom stereocenters. The highest BCUT2D eigenvalue weighted by molar-refractivity contribution is 7.89. The van der Waals surface area contributed by atoms with Gasteiger partial charge in [0.05, 0.1) is 11.4 Å². The minimum atomic E-state index is -3.75. The van der Waals surface area contributed by atoms with Crippen molar-refractivity contribution in [3.8, 4) is 0 Å². The van der Waals surface area contributed by atoms with Crippen molar-refractivity contribution in [1.82, 2.24) is 9.21 Å². The topological polar surface area (TPSA) is 60.9 Å². The summed E-state index contributed by atoms with van der Waals surface area (Å²) in [6.45, 7) is 1.24. The predicted octanol–water partition coefficient (Wildman–Crippen LogP) is 1.79. The van der Waals surface area contributed by atoms with E-state index >= 15 is 0 Å². The molecule has 1 saturated heterocycles. The smallest absolute Gasteiger partial charge is 0.243 e. The third-order valence-corrected chi connectivity index (χ3v) is 6.49. The van der Waals surface area contributed by atoms with Gasteiger partial charge in [-0.05, 0) is 30.3 Å². The molecule has 0 N–H and O–H groups in total. The molecule has 6 nitrogen and oxygen atoms in total. The number of hydrogen-bond donors (Lipinski definition) is 0. The van der Waals surface area contributed by atoms with Crippen molar-refractivity contribution >= 4 is 21.6 Å². The molecule has 0 unspecified atom stereocenters. The van der Waals surface area contributed by atoms with Crippen molar-refractivity contribution in [3.63, 3.8) is 0 Å². The molecule has 0 radical (unpaired) electrons. The van der Waals surface area contributed by atoms with Crippen molar-refractivity contribution in [2.75, 3.05) is 44.7 Å². The Morgan fingerprint density at radius 1 is 1.04 bits per heavy atom. The zero-order chi connectivity index (χ0) is 19.4. The van der Waals surface area contributed by atoms with Crippen LogP contribution in [0.15, 0.2) is 59.5 Å². The van der Waals surface area contributed by atoms with E-state index in [-0.39, 0.29) is 30.4 Å². The summed E-state index contributed by atoms with van der Waals surface area (Å²) in [6, 6.07) is 14.6. The molecule has 0 saturated carbocycles. The van der Waals surface area contributed by atoms with Gasteiger partial charge in [0, 0.05) is 38.9 Å². The van der Waals surface area contributed by atoms with Gasteiger partial charge < -0.3 is 9.80 Å². The lowest BCUT2D eigenvalue weighted by atomic mass is 10.3. The van der Waals surface area contributed by atoms with Gasteiger partial charge in [-0.25, -0.2) is 12.8 Å². The highest BCUT2D eigenvalue weighted by Crippen LogP contribution is 2.19. The molecule has 0 bridgehead atoms. The molecule has 144 valence electrons. The minimum Gasteiger partial charge on any atom is -0.365 e. The van der Waals surface area contributed by atoms with E-state index in [4.69, 9.17) is 0 Å². The Bertz CT molecular complexity index is 897. The van der Waals surface area contributed by atoms with Crippen LogP contribution in [0.3, 0.4) is 0 Å². The van der Waals surface area contributed by atoms with Crippen molar-refractivity contribution in [2.24, 2.45) is 0 Å². The van der Waals surface area contributed by atoms with Crippen LogP contribution in [0.4, 0.5) is 10.1 Å². The number of anilines is 1. The summed E-state index contributed by atoms with van der Waals surface area (Å²) in [7, 11) is -1.91. The van der Waals surface area contributed by atoms with Crippen LogP contribution in [0.5, 0.6) is 0 Å². The van der Waals surface area contributed by atoms with E-state index in [0.29, 0.717) is 13.1 Å². The number of para-hydroxylation sites is 1. The molecule has 1 fully saturated rings. The van der Waals surface area contributed by atoms with E-state index < -0.39 is 15.8 Å². The standard InChI is InChI=1S/C19H22FN3O3S/c1-21(17-7-3-2-4-8-17)15-19(24)22-10-12-23(13-11-22)27(25,26)18-9-5-6-16(20)14-18/h2-9,14H,10-13,15H2,1H3. The molecule has 0 spiro atoms. The van der Waals surface area contributed by atoms with Gasteiger partial charge in [-0.2, -0.15) is 4.31 Å². The highest BCUT2D eigenvalue weighted by Gasteiger charge is 2.30. The summed E-state index contributed by atoms with van der Waals surface area (Å²) in [5, 5.41) is 0. The molecule has 2 aromatic rings. The summed E-state index contributed by atoms with van der Waals surface area (Å²) in [4.78, 5) is 16.0. The molecule has 1 amide bonds. The summed E-state index contributed by atoms with van der Waals surface area (Å²) >= 11 is 0. The normalized spacial score (nSPS) is 15.6. The van der Waals surface area contributed by atoms with Crippen LogP contribution in [-0.2, 0) is 14.8 Å². The number of likely N-dealkylation sites (N-methyl/N-ethyl adjacent to an activating group) is 1. The number of piperazine rings is 1. The van der Waals surface area contributed by atoms with E-state index in [2.05, 4.69) is 0 Å². The molecule has 1 heterocycles. The maximum atomic E-state index is 13.4. The molecular formula is C19H22FN3O3S. The lowest BCUT2D eigenvalue weighted by Gasteiger charge is -2.35. The Balaban J connectivity index is 1.59. The zero-order valence-electron chi connectivity index (χ0n) is 15.1. The molecular weight excluding hydrogens is 369 g/mol. The first-order chi connectivity index (χ1) is 12.9. The first-order valence-corrected chi connectivity index (χ1v) is 10.1. The number of carbonyl (C=O) groups is 1. The van der Waals surface area contributed by atoms with E-state index in [1.54, 1.807) is 4.90 Å². The van der Waals surface area contributed by atoms with Crippen LogP contribution in [0.2, 0.25) is 0 Å². The van der Waals surface area contributed by atoms with Crippen LogP contribution >= 0.6 is 0 Å². The number of benzene rings is 2. The predicted molar refractivity (Wildman–Crippen MR) is 101 cm³/mol. The number of halogens is 1. The number of nitrogens with zero attached hydrogens (tertiary/aromatic N) is 3. The first-order valence-electron chi connectivity index (χ1n) is 8.67. The largest absolute Gasteiger partial charge is 0.365 e. The van der Waals surface area contributed by atoms with E-state index in [0.717, 1.165) is 11.8 Å². The molecule has 8 heteroatoms. The van der Waals surface area contributed by atoms with Crippen molar-refractivity contribution in [2.45, 2.75) is 4.90 Å². The van der Waals surface area contributed by atoms with Crippen molar-refractivity contribution in [1.29, 1.82) is 0 Å². The fraction of sp³-hybridized carbons (Fsp3) is 0.316. The molecule has 0 aliphatic carbocycles. The summed E-state index contributed by atoms with van der Waals surface area (Å²) in [5.41, 5.74) is 0.943. The molecule has 1 aliphatic heterocycles. The number of hydrogen-bond acceptors (Lipinski definition) is 4. The summed E-state index contributed by atoms with van der Waals surface area (Å²) < 4.78 is 39.9. The van der Waals surface area contributed by atoms with Gasteiger partial charge in [0.1, 0.15) is 5.82 Å². The van der Waals surface area contributed by atoms with E-state index in [1.807, 2.05) is 42.3 Å². The maximum absolute atomic E-state index is 13.4. The number of carbonyl (C=O) groups excluding carboxylic acids is 1. The Kier molecular flexibility index (Phi) is 5.76. The Morgan fingerprint density at radius 2 is 1.70 bits per heavy atom. The van der Waals surface area contributed by atoms with Gasteiger partial charge in [0.2, 0.25) is 15.9 Å². The lowest BCUT2D eigenvalue weighted by molar-refractivity contribution is -0.130. The highest BCUT2D eigenvalue weighted by atomic mass is 32.2. The zero-order valence-corrected chi connectivity index (χ0v) is 15.9. The summed E-state index contributed by atoms with van der Waals surface area (Å²) in [5.74, 6) is -0.641. The second kappa shape index (κ2) is 8.06. The van der Waals surface area contributed by atoms with Gasteiger partial charge in [-0.3, -0.25) is 4.79 Å². The number of sulfonamides is 1. The van der Waals surface area contributed by atoms with Crippen molar-refractivity contribution in [3.05, 3.63) is 60.4 Å². The first kappa shape index (κ1) is 19.3. The molecule has 0 aromatic heterocycles. The Labute approximate surface area is 158 Å². The third-order valence-electron chi connectivity index (χ3n) is 4.59. The van der Waals surface area contributed by atoms with Gasteiger partial charge >= 0.3 is 0 Å². The maximum Gasteiger partial charge on any atom is 0.243 e. The van der Waals surface area contributed by atoms with Crippen LogP contribution in [0.1, 0.15) is 0 Å². The van der Waals surface area contributed by atoms with Crippen molar-refractivity contribution < 1.29 is 17.6 Å². The van der Waals surface area contributed by atoms with E-state index in [9.17, 15) is 17.6 Å². The molecule has 2 aromatic carbocycles. The number of amides is 1. The second-order valence-electron chi connectivity index (χ2n) is 6.43. The third kappa shape index (κ3) is 4.45. The van der Waals surface area contributed by atoms with Gasteiger partial charge in [0.15, 0.2) is 0 Å². The van der Waals surface area contributed by atoms with Gasteiger partial charge in [0.25, 0.3) is 0 Å². The fourth-order valence-corrected chi connectivity index (χ4v) is 4.49. The Hall–Kier alpha value is -2.45. The average Bonchev–Trinajstić information content (AvgIpc) is 2.68. The second-order valence-corrected chi connectivity index (χ2v) is 8.37. The van der Waals surface area contributed by atoms with Gasteiger partial charge in [-0.15, -0.1) is 0 Å². The fourth-order valence-electron chi connectivity index (χ4n) is 3.03. The van der Waals surface area contributed by atoms with Crippen LogP contribution in [0, 0.1) is 5.82 Å². The SMILES string of the molecule is CN(CC(=O)N1CCN(S(=O)(=O)c2cccc(F)c2)CC1)c1ccccc1. The average molecular weight is 391 g/mol. The van der Waals surface area contributed by atoms with Crippen LogP contribution in [0.25, 0.3) is 0 Å². The lowest BCUT2D eigenvalue weighted by Crippen LogP contribution is -2.52. The molecule has 3 rings (SSSR count). The number of rotatable bonds is 5. The monoisotopic (exact) mass is 391 g/mol.